The van der Waals surface area contributed by atoms with E-state index in [2.05, 4.69) is 5.32 Å². The van der Waals surface area contributed by atoms with Crippen LogP contribution < -0.4 is 5.32 Å². The van der Waals surface area contributed by atoms with Crippen molar-refractivity contribution in [3.63, 3.8) is 0 Å². The molecule has 0 aromatic heterocycles. The molecule has 0 radical (unpaired) electrons. The first-order valence-corrected chi connectivity index (χ1v) is 4.55. The average molecular weight is 171 g/mol. The van der Waals surface area contributed by atoms with Gasteiger partial charge in [-0.15, -0.1) is 0 Å². The monoisotopic (exact) mass is 171 g/mol. The molecule has 1 aliphatic heterocycles. The highest BCUT2D eigenvalue weighted by Gasteiger charge is 2.24. The lowest BCUT2D eigenvalue weighted by Gasteiger charge is -2.26. The Morgan fingerprint density at radius 3 is 2.58 bits per heavy atom. The molecular formula is C9H17NO2. The number of nitrogens with one attached hydrogen (secondary N) is 1. The summed E-state index contributed by atoms with van der Waals surface area (Å²) in [6.07, 6.45) is 2.04. The van der Waals surface area contributed by atoms with Gasteiger partial charge in [0, 0.05) is 26.2 Å². The molecule has 1 atom stereocenters. The van der Waals surface area contributed by atoms with E-state index in [9.17, 15) is 4.79 Å². The summed E-state index contributed by atoms with van der Waals surface area (Å²) in [7, 11) is 1.69. The van der Waals surface area contributed by atoms with E-state index < -0.39 is 0 Å². The molecule has 3 heteroatoms. The maximum absolute atomic E-state index is 11.3. The van der Waals surface area contributed by atoms with E-state index in [1.54, 1.807) is 7.05 Å². The standard InChI is InChI=1S/C9H17NO2/c1-7(9(11)10-2)8-3-5-12-6-4-8/h7-8H,3-6H2,1-2H3,(H,10,11). The Morgan fingerprint density at radius 2 is 2.08 bits per heavy atom. The fraction of sp³-hybridized carbons (Fsp3) is 0.889. The number of carbonyl (C=O) groups is 1. The van der Waals surface area contributed by atoms with Gasteiger partial charge in [0.1, 0.15) is 0 Å². The minimum atomic E-state index is 0.138. The zero-order valence-electron chi connectivity index (χ0n) is 7.80. The van der Waals surface area contributed by atoms with Gasteiger partial charge in [-0.25, -0.2) is 0 Å². The van der Waals surface area contributed by atoms with Crippen LogP contribution in [0.3, 0.4) is 0 Å². The molecule has 0 saturated carbocycles. The van der Waals surface area contributed by atoms with Crippen molar-refractivity contribution in [2.45, 2.75) is 19.8 Å². The summed E-state index contributed by atoms with van der Waals surface area (Å²) >= 11 is 0. The quantitative estimate of drug-likeness (QED) is 0.667. The van der Waals surface area contributed by atoms with Gasteiger partial charge in [0.2, 0.25) is 5.91 Å². The van der Waals surface area contributed by atoms with E-state index in [1.807, 2.05) is 6.92 Å². The average Bonchev–Trinajstić information content (AvgIpc) is 2.17. The van der Waals surface area contributed by atoms with Crippen LogP contribution in [0, 0.1) is 11.8 Å². The molecule has 0 bridgehead atoms. The Hall–Kier alpha value is -0.570. The Kier molecular flexibility index (Phi) is 3.53. The third kappa shape index (κ3) is 2.21. The van der Waals surface area contributed by atoms with Gasteiger partial charge in [-0.05, 0) is 18.8 Å². The van der Waals surface area contributed by atoms with E-state index in [0.717, 1.165) is 26.1 Å². The highest BCUT2D eigenvalue weighted by atomic mass is 16.5. The third-order valence-electron chi connectivity index (χ3n) is 2.63. The van der Waals surface area contributed by atoms with Crippen LogP contribution in [-0.4, -0.2) is 26.2 Å². The second-order valence-electron chi connectivity index (χ2n) is 3.35. The number of rotatable bonds is 2. The molecule has 1 heterocycles. The van der Waals surface area contributed by atoms with Crippen LogP contribution in [0.15, 0.2) is 0 Å². The van der Waals surface area contributed by atoms with Crippen LogP contribution in [0.5, 0.6) is 0 Å². The summed E-state index contributed by atoms with van der Waals surface area (Å²) in [5.41, 5.74) is 0. The van der Waals surface area contributed by atoms with Crippen LogP contribution in [0.2, 0.25) is 0 Å². The molecule has 1 fully saturated rings. The van der Waals surface area contributed by atoms with E-state index in [4.69, 9.17) is 4.74 Å². The minimum absolute atomic E-state index is 0.138. The van der Waals surface area contributed by atoms with Gasteiger partial charge in [-0.1, -0.05) is 6.92 Å². The molecule has 12 heavy (non-hydrogen) atoms. The third-order valence-corrected chi connectivity index (χ3v) is 2.63. The summed E-state index contributed by atoms with van der Waals surface area (Å²) < 4.78 is 5.23. The first-order valence-electron chi connectivity index (χ1n) is 4.55. The van der Waals surface area contributed by atoms with E-state index in [1.165, 1.54) is 0 Å². The SMILES string of the molecule is CNC(=O)C(C)C1CCOCC1. The van der Waals surface area contributed by atoms with Crippen LogP contribution in [0.4, 0.5) is 0 Å². The second-order valence-corrected chi connectivity index (χ2v) is 3.35. The van der Waals surface area contributed by atoms with Gasteiger partial charge in [0.05, 0.1) is 0 Å². The Labute approximate surface area is 73.5 Å². The Bertz CT molecular complexity index is 153. The van der Waals surface area contributed by atoms with Gasteiger partial charge < -0.3 is 10.1 Å². The van der Waals surface area contributed by atoms with Crippen LogP contribution in [0.1, 0.15) is 19.8 Å². The fourth-order valence-electron chi connectivity index (χ4n) is 1.66. The number of amides is 1. The lowest BCUT2D eigenvalue weighted by molar-refractivity contribution is -0.126. The maximum Gasteiger partial charge on any atom is 0.222 e. The topological polar surface area (TPSA) is 38.3 Å². The summed E-state index contributed by atoms with van der Waals surface area (Å²) in [6.45, 7) is 3.62. The van der Waals surface area contributed by atoms with Crippen molar-refractivity contribution >= 4 is 5.91 Å². The first kappa shape index (κ1) is 9.52. The number of hydrogen-bond donors (Lipinski definition) is 1. The molecule has 0 aromatic carbocycles. The summed E-state index contributed by atoms with van der Waals surface area (Å²) in [5.74, 6) is 0.805. The van der Waals surface area contributed by atoms with E-state index >= 15 is 0 Å². The summed E-state index contributed by atoms with van der Waals surface area (Å²) in [6, 6.07) is 0. The minimum Gasteiger partial charge on any atom is -0.381 e. The maximum atomic E-state index is 11.3. The molecule has 0 aromatic rings. The highest BCUT2D eigenvalue weighted by molar-refractivity contribution is 5.78. The first-order chi connectivity index (χ1) is 5.75. The molecule has 1 aliphatic rings. The van der Waals surface area contributed by atoms with Crippen molar-refractivity contribution in [3.8, 4) is 0 Å². The normalized spacial score (nSPS) is 21.8. The summed E-state index contributed by atoms with van der Waals surface area (Å²) in [4.78, 5) is 11.3. The summed E-state index contributed by atoms with van der Waals surface area (Å²) in [5, 5.41) is 2.68. The van der Waals surface area contributed by atoms with E-state index in [0.29, 0.717) is 5.92 Å². The number of ether oxygens (including phenoxy) is 1. The molecule has 0 spiro atoms. The van der Waals surface area contributed by atoms with Crippen molar-refractivity contribution < 1.29 is 9.53 Å². The second kappa shape index (κ2) is 4.45. The van der Waals surface area contributed by atoms with Gasteiger partial charge in [-0.3, -0.25) is 4.79 Å². The van der Waals surface area contributed by atoms with Crippen molar-refractivity contribution in [2.24, 2.45) is 11.8 Å². The molecule has 1 amide bonds. The molecule has 1 rings (SSSR count). The van der Waals surface area contributed by atoms with Crippen molar-refractivity contribution in [1.82, 2.24) is 5.32 Å². The molecule has 0 aliphatic carbocycles. The predicted octanol–water partition coefficient (Wildman–Crippen LogP) is 0.795. The van der Waals surface area contributed by atoms with Gasteiger partial charge in [-0.2, -0.15) is 0 Å². The van der Waals surface area contributed by atoms with Crippen molar-refractivity contribution in [3.05, 3.63) is 0 Å². The van der Waals surface area contributed by atoms with Gasteiger partial charge in [0.15, 0.2) is 0 Å². The van der Waals surface area contributed by atoms with Crippen LogP contribution >= 0.6 is 0 Å². The molecule has 70 valence electrons. The number of hydrogen-bond acceptors (Lipinski definition) is 2. The largest absolute Gasteiger partial charge is 0.381 e. The highest BCUT2D eigenvalue weighted by Crippen LogP contribution is 2.23. The fourth-order valence-corrected chi connectivity index (χ4v) is 1.66. The lowest BCUT2D eigenvalue weighted by Crippen LogP contribution is -2.33. The Morgan fingerprint density at radius 1 is 1.50 bits per heavy atom. The van der Waals surface area contributed by atoms with Crippen LogP contribution in [-0.2, 0) is 9.53 Å². The van der Waals surface area contributed by atoms with Gasteiger partial charge >= 0.3 is 0 Å². The van der Waals surface area contributed by atoms with Gasteiger partial charge in [0.25, 0.3) is 0 Å². The van der Waals surface area contributed by atoms with Crippen LogP contribution in [0.25, 0.3) is 0 Å². The smallest absolute Gasteiger partial charge is 0.222 e. The molecular weight excluding hydrogens is 154 g/mol. The predicted molar refractivity (Wildman–Crippen MR) is 46.8 cm³/mol. The van der Waals surface area contributed by atoms with Crippen molar-refractivity contribution in [2.75, 3.05) is 20.3 Å². The zero-order chi connectivity index (χ0) is 8.97. The van der Waals surface area contributed by atoms with E-state index in [-0.39, 0.29) is 11.8 Å². The zero-order valence-corrected chi connectivity index (χ0v) is 7.80. The molecule has 1 saturated heterocycles. The number of carbonyl (C=O) groups excluding carboxylic acids is 1. The molecule has 1 unspecified atom stereocenters. The molecule has 1 N–H and O–H groups in total. The molecule has 3 nitrogen and oxygen atoms in total. The Balaban J connectivity index is 2.39. The lowest BCUT2D eigenvalue weighted by atomic mass is 9.87. The van der Waals surface area contributed by atoms with Crippen molar-refractivity contribution in [1.29, 1.82) is 0 Å².